The number of benzene rings is 3. The van der Waals surface area contributed by atoms with E-state index in [1.165, 1.54) is 30.7 Å². The Labute approximate surface area is 329 Å². The summed E-state index contributed by atoms with van der Waals surface area (Å²) >= 11 is 0. The van der Waals surface area contributed by atoms with Crippen molar-refractivity contribution in [2.75, 3.05) is 34.4 Å². The summed E-state index contributed by atoms with van der Waals surface area (Å²) in [6, 6.07) is 18.3. The number of amides is 2. The SMILES string of the molecule is COc1c(CN2O[C@@H](CO)[C@@H]([C@H](C)O)[C@H]2C(=O)N[C@H]2C[C@H]3C[C@@H]([C@@H]2C)C3(C)C)cccc1-c1cc(C(=O)N[C@@H](Cc2ccccc2)CN(C)C)cc([N+](=O)[O-])c1. The predicted molar refractivity (Wildman–Crippen MR) is 213 cm³/mol. The molecule has 0 radical (unpaired) electrons. The lowest BCUT2D eigenvalue weighted by molar-refractivity contribution is -0.384. The number of rotatable bonds is 15. The number of nitrogens with zero attached hydrogens (tertiary/aromatic N) is 3. The number of fused-ring (bicyclic) bond motifs is 2. The molecule has 9 atom stereocenters. The first kappa shape index (κ1) is 41.2. The van der Waals surface area contributed by atoms with Crippen LogP contribution in [0.15, 0.2) is 66.7 Å². The molecular weight excluding hydrogens is 714 g/mol. The number of aliphatic hydroxyl groups is 2. The third-order valence-electron chi connectivity index (χ3n) is 12.6. The monoisotopic (exact) mass is 771 g/mol. The largest absolute Gasteiger partial charge is 0.496 e. The maximum absolute atomic E-state index is 14.2. The number of nitro groups is 1. The summed E-state index contributed by atoms with van der Waals surface area (Å²) < 4.78 is 5.95. The number of non-ortho nitro benzene ring substituents is 1. The fourth-order valence-electron chi connectivity index (χ4n) is 9.60. The predicted octanol–water partition coefficient (Wildman–Crippen LogP) is 4.83. The minimum atomic E-state index is -0.961. The van der Waals surface area contributed by atoms with Crippen LogP contribution in [0, 0.1) is 39.2 Å². The second kappa shape index (κ2) is 17.0. The fourth-order valence-corrected chi connectivity index (χ4v) is 9.60. The molecule has 1 aliphatic heterocycles. The maximum Gasteiger partial charge on any atom is 0.270 e. The number of aliphatic hydroxyl groups excluding tert-OH is 2. The summed E-state index contributed by atoms with van der Waals surface area (Å²) in [4.78, 5) is 47.9. The van der Waals surface area contributed by atoms with Crippen molar-refractivity contribution < 1.29 is 34.3 Å². The molecule has 2 bridgehead atoms. The summed E-state index contributed by atoms with van der Waals surface area (Å²) in [6.07, 6.45) is 0.838. The van der Waals surface area contributed by atoms with E-state index in [4.69, 9.17) is 9.57 Å². The van der Waals surface area contributed by atoms with Crippen LogP contribution in [0.5, 0.6) is 5.75 Å². The Balaban J connectivity index is 1.28. The molecule has 1 saturated heterocycles. The number of para-hydroxylation sites is 1. The Morgan fingerprint density at radius 1 is 1.11 bits per heavy atom. The summed E-state index contributed by atoms with van der Waals surface area (Å²) in [5.74, 6) is 0.280. The van der Waals surface area contributed by atoms with Gasteiger partial charge in [0.2, 0.25) is 5.91 Å². The molecule has 4 N–H and O–H groups in total. The normalized spacial score (nSPS) is 26.6. The van der Waals surface area contributed by atoms with E-state index in [0.717, 1.165) is 12.0 Å². The molecule has 13 heteroatoms. The Morgan fingerprint density at radius 2 is 1.84 bits per heavy atom. The third kappa shape index (κ3) is 8.47. The smallest absolute Gasteiger partial charge is 0.270 e. The van der Waals surface area contributed by atoms with Crippen LogP contribution in [0.2, 0.25) is 0 Å². The third-order valence-corrected chi connectivity index (χ3v) is 12.6. The molecule has 3 aromatic rings. The van der Waals surface area contributed by atoms with Crippen LogP contribution >= 0.6 is 0 Å². The number of nitrogens with one attached hydrogen (secondary N) is 2. The van der Waals surface area contributed by atoms with Crippen molar-refractivity contribution in [3.05, 3.63) is 93.5 Å². The fraction of sp³-hybridized carbons (Fsp3) is 0.535. The van der Waals surface area contributed by atoms with E-state index in [1.54, 1.807) is 25.1 Å². The highest BCUT2D eigenvalue weighted by Crippen LogP contribution is 2.61. The molecule has 302 valence electrons. The molecule has 0 spiro atoms. The van der Waals surface area contributed by atoms with Gasteiger partial charge in [-0.2, -0.15) is 5.06 Å². The van der Waals surface area contributed by atoms with Crippen molar-refractivity contribution in [3.8, 4) is 16.9 Å². The van der Waals surface area contributed by atoms with E-state index in [0.29, 0.717) is 47.2 Å². The summed E-state index contributed by atoms with van der Waals surface area (Å²) in [5.41, 5.74) is 2.67. The van der Waals surface area contributed by atoms with Crippen LogP contribution < -0.4 is 15.4 Å². The highest BCUT2D eigenvalue weighted by Gasteiger charge is 2.57. The first-order valence-corrected chi connectivity index (χ1v) is 19.6. The maximum atomic E-state index is 14.2. The lowest BCUT2D eigenvalue weighted by atomic mass is 9.45. The van der Waals surface area contributed by atoms with Crippen LogP contribution in [0.25, 0.3) is 11.1 Å². The van der Waals surface area contributed by atoms with Crippen LogP contribution in [0.1, 0.15) is 62.0 Å². The van der Waals surface area contributed by atoms with Crippen molar-refractivity contribution in [2.45, 2.75) is 83.8 Å². The van der Waals surface area contributed by atoms with Crippen LogP contribution in [0.4, 0.5) is 5.69 Å². The van der Waals surface area contributed by atoms with E-state index in [-0.39, 0.29) is 47.1 Å². The molecule has 7 rings (SSSR count). The minimum Gasteiger partial charge on any atom is -0.496 e. The van der Waals surface area contributed by atoms with Crippen LogP contribution in [0.3, 0.4) is 0 Å². The highest BCUT2D eigenvalue weighted by atomic mass is 16.7. The number of carbonyl (C=O) groups excluding carboxylic acids is 2. The van der Waals surface area contributed by atoms with Crippen molar-refractivity contribution >= 4 is 17.5 Å². The number of hydrogen-bond acceptors (Lipinski definition) is 10. The summed E-state index contributed by atoms with van der Waals surface area (Å²) in [5, 5.41) is 41.4. The van der Waals surface area contributed by atoms with Gasteiger partial charge in [-0.3, -0.25) is 24.5 Å². The molecule has 4 fully saturated rings. The van der Waals surface area contributed by atoms with Gasteiger partial charge in [-0.1, -0.05) is 69.3 Å². The van der Waals surface area contributed by atoms with Crippen LogP contribution in [-0.4, -0.2) is 102 Å². The Hall–Kier alpha value is -4.40. The minimum absolute atomic E-state index is 0.0152. The average molecular weight is 772 g/mol. The Kier molecular flexibility index (Phi) is 12.5. The van der Waals surface area contributed by atoms with E-state index in [1.807, 2.05) is 55.4 Å². The van der Waals surface area contributed by atoms with Gasteiger partial charge in [0.1, 0.15) is 17.9 Å². The standard InChI is InChI=1S/C43H57N5O8/c1-25-35-20-31(43(35,3)4)21-36(25)45-42(52)39-38(26(2)50)37(24-49)56-47(39)22-28-14-11-15-34(40(28)55-7)29-17-30(19-33(18-29)48(53)54)41(51)44-32(23-46(5)6)16-27-12-9-8-10-13-27/h8-15,17-19,25-26,31-32,35-39,49-50H,16,20-24H2,1-7H3,(H,44,51)(H,45,52)/t25-,26-,31+,32-,35-,36-,37-,38+,39-/m0/s1. The van der Waals surface area contributed by atoms with Gasteiger partial charge < -0.3 is 30.5 Å². The molecule has 4 aliphatic rings. The molecule has 3 saturated carbocycles. The van der Waals surface area contributed by atoms with E-state index >= 15 is 0 Å². The lowest BCUT2D eigenvalue weighted by Crippen LogP contribution is -2.62. The van der Waals surface area contributed by atoms with Crippen LogP contribution in [-0.2, 0) is 22.6 Å². The van der Waals surface area contributed by atoms with Crippen molar-refractivity contribution in [1.29, 1.82) is 0 Å². The molecule has 0 aromatic heterocycles. The number of carbonyl (C=O) groups is 2. The summed E-state index contributed by atoms with van der Waals surface area (Å²) in [6.45, 7) is 8.62. The highest BCUT2D eigenvalue weighted by molar-refractivity contribution is 5.97. The van der Waals surface area contributed by atoms with Gasteiger partial charge in [0.05, 0.1) is 31.3 Å². The van der Waals surface area contributed by atoms with Gasteiger partial charge in [-0.25, -0.2) is 0 Å². The van der Waals surface area contributed by atoms with Gasteiger partial charge in [-0.15, -0.1) is 0 Å². The number of nitro benzene ring substituents is 1. The topological polar surface area (TPSA) is 167 Å². The second-order valence-corrected chi connectivity index (χ2v) is 16.9. The van der Waals surface area contributed by atoms with Crippen molar-refractivity contribution in [1.82, 2.24) is 20.6 Å². The first-order valence-electron chi connectivity index (χ1n) is 19.6. The van der Waals surface area contributed by atoms with Gasteiger partial charge >= 0.3 is 0 Å². The van der Waals surface area contributed by atoms with E-state index in [9.17, 15) is 29.9 Å². The zero-order valence-electron chi connectivity index (χ0n) is 33.5. The van der Waals surface area contributed by atoms with Gasteiger partial charge in [-0.05, 0) is 80.6 Å². The number of hydroxylamine groups is 2. The van der Waals surface area contributed by atoms with Crippen molar-refractivity contribution in [2.24, 2.45) is 29.1 Å². The number of hydrogen-bond donors (Lipinski definition) is 4. The molecule has 3 aromatic carbocycles. The number of ether oxygens (including phenoxy) is 1. The Morgan fingerprint density at radius 3 is 2.45 bits per heavy atom. The average Bonchev–Trinajstić information content (AvgIpc) is 3.53. The van der Waals surface area contributed by atoms with Gasteiger partial charge in [0, 0.05) is 53.4 Å². The summed E-state index contributed by atoms with van der Waals surface area (Å²) in [7, 11) is 5.33. The molecule has 0 unspecified atom stereocenters. The molecule has 2 amide bonds. The molecular formula is C43H57N5O8. The van der Waals surface area contributed by atoms with Gasteiger partial charge in [0.25, 0.3) is 11.6 Å². The quantitative estimate of drug-likeness (QED) is 0.124. The zero-order valence-corrected chi connectivity index (χ0v) is 33.5. The molecule has 3 aliphatic carbocycles. The zero-order chi connectivity index (χ0) is 40.5. The number of methoxy groups -OCH3 is 1. The lowest BCUT2D eigenvalue weighted by Gasteiger charge is -2.62. The van der Waals surface area contributed by atoms with E-state index < -0.39 is 41.6 Å². The molecule has 1 heterocycles. The molecule has 56 heavy (non-hydrogen) atoms. The molecule has 13 nitrogen and oxygen atoms in total. The van der Waals surface area contributed by atoms with Gasteiger partial charge in [0.15, 0.2) is 0 Å². The second-order valence-electron chi connectivity index (χ2n) is 16.9. The van der Waals surface area contributed by atoms with E-state index in [2.05, 4.69) is 31.4 Å². The van der Waals surface area contributed by atoms with Crippen molar-refractivity contribution in [3.63, 3.8) is 0 Å². The Bertz CT molecular complexity index is 1890. The number of likely N-dealkylation sites (N-methyl/N-ethyl adjacent to an activating group) is 1. The first-order chi connectivity index (χ1) is 26.6.